The van der Waals surface area contributed by atoms with Crippen molar-refractivity contribution in [3.63, 3.8) is 0 Å². The SMILES string of the molecule is CC(C)CN(C)C(=O)c1cc(-c2ncnc3[nH]ccc23)c[nH]1.CC(C)CN(CC(C)C)C(=O)c1cc(-c2ncnc3[nH]ccc23)c[nH]1.CCN(Cc1ccccc1)C(=O)c1cc(-c2ncnc3[nH]ccc23)c[nH]1.N#CCCN(Cc1ccccc1)C(=O)c1cc(-c2ncnc3[nH]ccc23)c[nH]1.[HH].[HH].[HH].[HH].[HH].[HH].[HH].[HH]. The Morgan fingerprint density at radius 3 is 1.06 bits per heavy atom. The van der Waals surface area contributed by atoms with Crippen molar-refractivity contribution in [1.29, 1.82) is 5.26 Å². The fourth-order valence-corrected chi connectivity index (χ4v) is 11.9. The maximum Gasteiger partial charge on any atom is 0.270 e. The lowest BCUT2D eigenvalue weighted by Gasteiger charge is -2.25. The molecule has 0 fully saturated rings. The van der Waals surface area contributed by atoms with Crippen molar-refractivity contribution in [3.8, 4) is 51.1 Å². The van der Waals surface area contributed by atoms with Gasteiger partial charge in [-0.3, -0.25) is 19.2 Å². The minimum atomic E-state index is -0.148. The van der Waals surface area contributed by atoms with Gasteiger partial charge in [-0.15, -0.1) is 0 Å². The summed E-state index contributed by atoms with van der Waals surface area (Å²) < 4.78 is 0. The van der Waals surface area contributed by atoms with Crippen LogP contribution in [0.4, 0.5) is 0 Å². The Labute approximate surface area is 595 Å². The summed E-state index contributed by atoms with van der Waals surface area (Å²) in [6, 6.07) is 37.0. The van der Waals surface area contributed by atoms with E-state index < -0.39 is 0 Å². The summed E-state index contributed by atoms with van der Waals surface area (Å²) in [4.78, 5) is 117. The Hall–Kier alpha value is -12.6. The molecule has 0 aliphatic heterocycles. The number of carbonyl (C=O) groups is 4. The molecule has 0 saturated heterocycles. The largest absolute Gasteiger partial charge is 0.357 e. The highest BCUT2D eigenvalue weighted by molar-refractivity contribution is 6.00. The number of nitrogens with zero attached hydrogens (tertiary/aromatic N) is 13. The van der Waals surface area contributed by atoms with Crippen molar-refractivity contribution < 1.29 is 30.6 Å². The first-order chi connectivity index (χ1) is 49.0. The number of nitrogens with one attached hydrogen (secondary N) is 8. The molecule has 101 heavy (non-hydrogen) atoms. The zero-order chi connectivity index (χ0) is 70.9. The van der Waals surface area contributed by atoms with E-state index in [0.29, 0.717) is 66.7 Å². The van der Waals surface area contributed by atoms with E-state index in [2.05, 4.69) is 127 Å². The predicted octanol–water partition coefficient (Wildman–Crippen LogP) is 15.5. The molecule has 0 atom stereocenters. The molecule has 0 unspecified atom stereocenters. The van der Waals surface area contributed by atoms with Gasteiger partial charge < -0.3 is 59.5 Å². The van der Waals surface area contributed by atoms with Gasteiger partial charge in [0.2, 0.25) is 0 Å². The highest BCUT2D eigenvalue weighted by Crippen LogP contribution is 2.30. The van der Waals surface area contributed by atoms with Gasteiger partial charge in [0.1, 0.15) is 70.7 Å². The van der Waals surface area contributed by atoms with Crippen LogP contribution in [-0.2, 0) is 13.1 Å². The number of fused-ring (bicyclic) bond motifs is 4. The van der Waals surface area contributed by atoms with Gasteiger partial charge in [-0.1, -0.05) is 102 Å². The van der Waals surface area contributed by atoms with Crippen molar-refractivity contribution in [3.05, 3.63) is 218 Å². The van der Waals surface area contributed by atoms with E-state index in [4.69, 9.17) is 5.26 Å². The molecule has 530 valence electrons. The molecule has 25 nitrogen and oxygen atoms in total. The molecular weight excluding hydrogens is 1270 g/mol. The Bertz CT molecular complexity index is 5130. The zero-order valence-corrected chi connectivity index (χ0v) is 57.7. The minimum Gasteiger partial charge on any atom is -0.357 e. The second-order valence-electron chi connectivity index (χ2n) is 25.6. The Kier molecular flexibility index (Phi) is 22.5. The zero-order valence-electron chi connectivity index (χ0n) is 57.7. The number of amides is 4. The van der Waals surface area contributed by atoms with E-state index in [9.17, 15) is 19.2 Å². The Morgan fingerprint density at radius 1 is 0.416 bits per heavy atom. The van der Waals surface area contributed by atoms with E-state index >= 15 is 0 Å². The van der Waals surface area contributed by atoms with Crippen LogP contribution in [0.1, 0.15) is 119 Å². The highest BCUT2D eigenvalue weighted by atomic mass is 16.2. The summed E-state index contributed by atoms with van der Waals surface area (Å²) in [7, 11) is 1.82. The first-order valence-electron chi connectivity index (χ1n) is 33.5. The van der Waals surface area contributed by atoms with Crippen molar-refractivity contribution in [2.45, 2.75) is 68.0 Å². The summed E-state index contributed by atoms with van der Waals surface area (Å²) >= 11 is 0. The smallest absolute Gasteiger partial charge is 0.270 e. The van der Waals surface area contributed by atoms with Crippen molar-refractivity contribution in [2.75, 3.05) is 39.8 Å². The van der Waals surface area contributed by atoms with Gasteiger partial charge in [0.25, 0.3) is 23.6 Å². The third-order valence-corrected chi connectivity index (χ3v) is 16.5. The molecule has 4 amide bonds. The molecule has 2 aromatic carbocycles. The number of rotatable bonds is 21. The fourth-order valence-electron chi connectivity index (χ4n) is 11.9. The normalized spacial score (nSPS) is 11.1. The minimum absolute atomic E-state index is 0. The second kappa shape index (κ2) is 32.6. The maximum absolute atomic E-state index is 13.1. The molecular formula is C76H97N21O4. The van der Waals surface area contributed by atoms with E-state index in [1.54, 1.807) is 22.1 Å². The van der Waals surface area contributed by atoms with Gasteiger partial charge in [0, 0.05) is 158 Å². The second-order valence-corrected chi connectivity index (χ2v) is 25.6. The molecule has 0 saturated carbocycles. The van der Waals surface area contributed by atoms with Crippen LogP contribution in [0.25, 0.3) is 89.2 Å². The van der Waals surface area contributed by atoms with E-state index in [1.165, 1.54) is 25.3 Å². The van der Waals surface area contributed by atoms with Gasteiger partial charge in [0.05, 0.1) is 35.3 Å². The van der Waals surface area contributed by atoms with Crippen LogP contribution >= 0.6 is 0 Å². The number of hydrogen-bond donors (Lipinski definition) is 8. The third-order valence-electron chi connectivity index (χ3n) is 16.5. The lowest BCUT2D eigenvalue weighted by molar-refractivity contribution is 0.0707. The number of nitriles is 1. The lowest BCUT2D eigenvalue weighted by atomic mass is 10.1. The predicted molar refractivity (Wildman–Crippen MR) is 407 cm³/mol. The van der Waals surface area contributed by atoms with Crippen LogP contribution in [0.2, 0.25) is 0 Å². The first kappa shape index (κ1) is 69.8. The van der Waals surface area contributed by atoms with Crippen LogP contribution in [-0.4, -0.2) is 163 Å². The van der Waals surface area contributed by atoms with Crippen molar-refractivity contribution in [1.82, 2.24) is 99.3 Å². The molecule has 12 heterocycles. The maximum atomic E-state index is 13.1. The molecule has 14 aromatic rings. The van der Waals surface area contributed by atoms with Crippen molar-refractivity contribution >= 4 is 67.8 Å². The number of benzene rings is 2. The van der Waals surface area contributed by atoms with Crippen LogP contribution in [0.15, 0.2) is 184 Å². The Morgan fingerprint density at radius 2 is 0.733 bits per heavy atom. The standard InChI is InChI=1S/C21H18N6O.C20H19N5O.C19H25N5O.C16H19N5O.8H2/c22-8-4-10-27(13-15-5-2-1-3-6-15)21(28)18-11-16(12-24-18)19-17-7-9-23-20(17)26-14-25-19;1-2-25(12-14-6-4-3-5-7-14)20(26)17-10-15(11-22-17)18-16-8-9-21-19(16)24-13-23-18;1-12(2)9-24(10-13(3)4)19(25)16-7-14(8-21-16)17-15-5-6-20-18(15)23-11-22-17;1-10(2)8-21(3)16(22)13-6-11(7-18-13)14-12-4-5-17-15(12)20-9-19-14;;;;;;;;/h1-3,5-7,9,11-12,14,24H,4,10,13H2,(H,23,25,26);3-11,13,22H,2,12H2,1H3,(H,21,23,24);5-8,11-13,21H,9-10H2,1-4H3,(H,20,22,23);4-7,9-10,18H,8H2,1-3H3,(H,17,19,20);8*1H. The average Bonchev–Trinajstić information content (AvgIpc) is 1.68. The number of H-pyrrole nitrogens is 8. The average molecular weight is 1370 g/mol. The van der Waals surface area contributed by atoms with E-state index in [-0.39, 0.29) is 41.5 Å². The molecule has 14 rings (SSSR count). The topological polar surface area (TPSA) is 334 Å². The quantitative estimate of drug-likeness (QED) is 0.0332. The molecule has 0 aliphatic carbocycles. The van der Waals surface area contributed by atoms with Crippen LogP contribution in [0, 0.1) is 29.1 Å². The van der Waals surface area contributed by atoms with Gasteiger partial charge in [-0.2, -0.15) is 5.26 Å². The molecule has 8 N–H and O–H groups in total. The molecule has 0 radical (unpaired) electrons. The summed E-state index contributed by atoms with van der Waals surface area (Å²) in [6.45, 7) is 18.9. The molecule has 12 aromatic heterocycles. The van der Waals surface area contributed by atoms with E-state index in [1.807, 2.05) is 170 Å². The third kappa shape index (κ3) is 17.0. The summed E-state index contributed by atoms with van der Waals surface area (Å²) in [5.74, 6) is 1.14. The van der Waals surface area contributed by atoms with Gasteiger partial charge in [-0.05, 0) is 84.3 Å². The number of hydrogen-bond acceptors (Lipinski definition) is 13. The first-order valence-corrected chi connectivity index (χ1v) is 33.5. The Balaban J connectivity index is 0.000000369. The lowest BCUT2D eigenvalue weighted by Crippen LogP contribution is -2.37. The molecule has 0 spiro atoms. The molecule has 25 heteroatoms. The fraction of sp³-hybridized carbons (Fsp3) is 0.250. The van der Waals surface area contributed by atoms with Crippen LogP contribution < -0.4 is 0 Å². The highest BCUT2D eigenvalue weighted by Gasteiger charge is 2.24. The summed E-state index contributed by atoms with van der Waals surface area (Å²) in [5, 5.41) is 12.7. The monoisotopic (exact) mass is 1370 g/mol. The van der Waals surface area contributed by atoms with Gasteiger partial charge >= 0.3 is 0 Å². The van der Waals surface area contributed by atoms with Crippen LogP contribution in [0.3, 0.4) is 0 Å². The van der Waals surface area contributed by atoms with Crippen LogP contribution in [0.5, 0.6) is 0 Å². The molecule has 0 bridgehead atoms. The number of aromatic nitrogens is 16. The molecule has 0 aliphatic rings. The summed E-state index contributed by atoms with van der Waals surface area (Å²) in [6.07, 6.45) is 20.9. The van der Waals surface area contributed by atoms with Gasteiger partial charge in [-0.25, -0.2) is 39.9 Å². The van der Waals surface area contributed by atoms with Gasteiger partial charge in [0.15, 0.2) is 0 Å². The van der Waals surface area contributed by atoms with Crippen molar-refractivity contribution in [2.24, 2.45) is 17.8 Å². The number of carbonyl (C=O) groups excluding carboxylic acids is 4. The number of aromatic amines is 8. The van der Waals surface area contributed by atoms with E-state index in [0.717, 1.165) is 120 Å². The summed E-state index contributed by atoms with van der Waals surface area (Å²) in [5.41, 5.74) is 14.1.